The lowest BCUT2D eigenvalue weighted by molar-refractivity contribution is -0.404. The molecule has 4 aromatic carbocycles. The first-order valence-corrected chi connectivity index (χ1v) is 16.3. The summed E-state index contributed by atoms with van der Waals surface area (Å²) in [6.45, 7) is -0.194. The molecule has 1 saturated heterocycles. The fourth-order valence-corrected chi connectivity index (χ4v) is 6.30. The second-order valence-electron chi connectivity index (χ2n) is 12.2. The van der Waals surface area contributed by atoms with E-state index in [0.717, 1.165) is 16.7 Å². The summed E-state index contributed by atoms with van der Waals surface area (Å²) >= 11 is 6.70. The van der Waals surface area contributed by atoms with E-state index in [1.807, 2.05) is 73.7 Å². The average Bonchev–Trinajstić information content (AvgIpc) is 3.12. The topological polar surface area (TPSA) is 86.6 Å². The van der Waals surface area contributed by atoms with Crippen LogP contribution in [0.25, 0.3) is 0 Å². The number of methoxy groups -OCH3 is 1. The van der Waals surface area contributed by atoms with Crippen molar-refractivity contribution in [3.8, 4) is 5.75 Å². The highest BCUT2D eigenvalue weighted by molar-refractivity contribution is 6.31. The average molecular weight is 701 g/mol. The Bertz CT molecular complexity index is 1620. The summed E-state index contributed by atoms with van der Waals surface area (Å²) in [6.07, 6.45) is -5.76. The van der Waals surface area contributed by atoms with Crippen LogP contribution in [0.15, 0.2) is 103 Å². The van der Waals surface area contributed by atoms with Gasteiger partial charge in [-0.25, -0.2) is 0 Å². The number of halogens is 4. The second-order valence-corrected chi connectivity index (χ2v) is 12.6. The monoisotopic (exact) mass is 700 g/mol. The van der Waals surface area contributed by atoms with Gasteiger partial charge in [0.15, 0.2) is 6.61 Å². The van der Waals surface area contributed by atoms with Crippen molar-refractivity contribution in [3.05, 3.63) is 136 Å². The van der Waals surface area contributed by atoms with Crippen molar-refractivity contribution in [2.24, 2.45) is 5.92 Å². The van der Waals surface area contributed by atoms with E-state index >= 15 is 0 Å². The number of rotatable bonds is 14. The summed E-state index contributed by atoms with van der Waals surface area (Å²) in [6, 6.07) is 30.8. The van der Waals surface area contributed by atoms with Crippen LogP contribution in [0.2, 0.25) is 5.02 Å². The summed E-state index contributed by atoms with van der Waals surface area (Å²) < 4.78 is 69.0. The van der Waals surface area contributed by atoms with Gasteiger partial charge in [-0.1, -0.05) is 97.4 Å². The van der Waals surface area contributed by atoms with Gasteiger partial charge in [-0.2, -0.15) is 13.2 Å². The van der Waals surface area contributed by atoms with Gasteiger partial charge in [0, 0.05) is 23.6 Å². The molecule has 0 spiro atoms. The van der Waals surface area contributed by atoms with Crippen molar-refractivity contribution in [3.63, 3.8) is 0 Å². The first kappa shape index (κ1) is 36.8. The third-order valence-corrected chi connectivity index (χ3v) is 9.28. The molecule has 0 saturated carbocycles. The Hall–Kier alpha value is -3.48. The van der Waals surface area contributed by atoms with Crippen LogP contribution in [-0.4, -0.2) is 61.1 Å². The lowest BCUT2D eigenvalue weighted by atomic mass is 9.75. The van der Waals surface area contributed by atoms with Crippen LogP contribution in [0.3, 0.4) is 0 Å². The molecule has 7 nitrogen and oxygen atoms in total. The van der Waals surface area contributed by atoms with E-state index in [0.29, 0.717) is 22.6 Å². The van der Waals surface area contributed by atoms with E-state index in [4.69, 9.17) is 35.3 Å². The van der Waals surface area contributed by atoms with E-state index in [2.05, 4.69) is 0 Å². The Kier molecular flexibility index (Phi) is 12.0. The maximum Gasteiger partial charge on any atom is 0.422 e. The minimum absolute atomic E-state index is 0.0910. The van der Waals surface area contributed by atoms with Crippen molar-refractivity contribution in [2.45, 2.75) is 56.3 Å². The molecule has 0 amide bonds. The van der Waals surface area contributed by atoms with Gasteiger partial charge in [0.25, 0.3) is 0 Å². The molecule has 0 aromatic heterocycles. The maximum atomic E-state index is 12.6. The van der Waals surface area contributed by atoms with Gasteiger partial charge < -0.3 is 33.9 Å². The van der Waals surface area contributed by atoms with E-state index < -0.39 is 55.5 Å². The minimum atomic E-state index is -4.44. The van der Waals surface area contributed by atoms with Gasteiger partial charge in [-0.15, -0.1) is 0 Å². The van der Waals surface area contributed by atoms with Gasteiger partial charge in [0.2, 0.25) is 5.79 Å². The fraction of sp³-hybridized carbons (Fsp3) is 0.368. The number of hydrogen-bond donors (Lipinski definition) is 2. The zero-order valence-corrected chi connectivity index (χ0v) is 28.0. The Labute approximate surface area is 289 Å². The van der Waals surface area contributed by atoms with Crippen molar-refractivity contribution in [2.75, 3.05) is 26.9 Å². The smallest absolute Gasteiger partial charge is 0.422 e. The molecule has 0 aliphatic carbocycles. The zero-order chi connectivity index (χ0) is 35.1. The highest BCUT2D eigenvalue weighted by Crippen LogP contribution is 2.49. The molecule has 1 aliphatic rings. The normalized spacial score (nSPS) is 22.2. The van der Waals surface area contributed by atoms with Gasteiger partial charge in [0.1, 0.15) is 17.5 Å². The number of ether oxygens (including phenoxy) is 5. The van der Waals surface area contributed by atoms with Crippen LogP contribution in [-0.2, 0) is 44.4 Å². The van der Waals surface area contributed by atoms with Gasteiger partial charge in [0.05, 0.1) is 32.5 Å². The fourth-order valence-electron chi connectivity index (χ4n) is 6.11. The molecular formula is C38H40ClF3O7. The first-order chi connectivity index (χ1) is 23.5. The summed E-state index contributed by atoms with van der Waals surface area (Å²) in [5.41, 5.74) is 2.28. The molecular weight excluding hydrogens is 661 g/mol. The van der Waals surface area contributed by atoms with Crippen LogP contribution >= 0.6 is 11.6 Å². The molecule has 1 heterocycles. The molecule has 4 atom stereocenters. The van der Waals surface area contributed by atoms with Crippen LogP contribution < -0.4 is 4.74 Å². The SMILES string of the molecule is CO[C@@]1(c2ccc(Cl)c(Cc3ccc(OCC(F)(F)F)cc3)c2)OC(CO)(CO)[C@@H](C)[C@H](OCc2ccccc2)[C@H]1OCc1ccccc1. The highest BCUT2D eigenvalue weighted by atomic mass is 35.5. The number of alkyl halides is 3. The molecule has 1 fully saturated rings. The molecule has 2 N–H and O–H groups in total. The lowest BCUT2D eigenvalue weighted by Gasteiger charge is -2.56. The molecule has 262 valence electrons. The van der Waals surface area contributed by atoms with Crippen LogP contribution in [0.5, 0.6) is 5.75 Å². The number of aliphatic hydroxyl groups excluding tert-OH is 2. The van der Waals surface area contributed by atoms with E-state index in [9.17, 15) is 23.4 Å². The number of benzene rings is 4. The Morgan fingerprint density at radius 3 is 1.94 bits per heavy atom. The predicted octanol–water partition coefficient (Wildman–Crippen LogP) is 7.23. The highest BCUT2D eigenvalue weighted by Gasteiger charge is 2.62. The van der Waals surface area contributed by atoms with Crippen molar-refractivity contribution < 1.29 is 47.1 Å². The molecule has 49 heavy (non-hydrogen) atoms. The predicted molar refractivity (Wildman–Crippen MR) is 178 cm³/mol. The summed E-state index contributed by atoms with van der Waals surface area (Å²) in [7, 11) is 1.47. The van der Waals surface area contributed by atoms with Crippen LogP contribution in [0.4, 0.5) is 13.2 Å². The molecule has 0 radical (unpaired) electrons. The van der Waals surface area contributed by atoms with Gasteiger partial charge in [-0.05, 0) is 52.9 Å². The Morgan fingerprint density at radius 1 is 0.796 bits per heavy atom. The Balaban J connectivity index is 1.53. The summed E-state index contributed by atoms with van der Waals surface area (Å²) in [5.74, 6) is -2.16. The van der Waals surface area contributed by atoms with Crippen LogP contribution in [0, 0.1) is 5.92 Å². The molecule has 0 bridgehead atoms. The van der Waals surface area contributed by atoms with Crippen molar-refractivity contribution >= 4 is 11.6 Å². The molecule has 1 aliphatic heterocycles. The van der Waals surface area contributed by atoms with Crippen LogP contribution in [0.1, 0.15) is 34.7 Å². The quantitative estimate of drug-likeness (QED) is 0.144. The molecule has 0 unspecified atom stereocenters. The number of aliphatic hydroxyl groups is 2. The molecule has 5 rings (SSSR count). The first-order valence-electron chi connectivity index (χ1n) is 15.9. The van der Waals surface area contributed by atoms with E-state index in [-0.39, 0.29) is 19.0 Å². The van der Waals surface area contributed by atoms with Gasteiger partial charge >= 0.3 is 6.18 Å². The van der Waals surface area contributed by atoms with Crippen molar-refractivity contribution in [1.82, 2.24) is 0 Å². The third-order valence-electron chi connectivity index (χ3n) is 8.92. The third kappa shape index (κ3) is 8.64. The maximum absolute atomic E-state index is 12.6. The largest absolute Gasteiger partial charge is 0.484 e. The van der Waals surface area contributed by atoms with E-state index in [1.165, 1.54) is 19.2 Å². The molecule has 4 aromatic rings. The lowest BCUT2D eigenvalue weighted by Crippen LogP contribution is -2.69. The van der Waals surface area contributed by atoms with E-state index in [1.54, 1.807) is 24.3 Å². The van der Waals surface area contributed by atoms with Gasteiger partial charge in [-0.3, -0.25) is 0 Å². The van der Waals surface area contributed by atoms with Crippen molar-refractivity contribution in [1.29, 1.82) is 0 Å². The molecule has 11 heteroatoms. The minimum Gasteiger partial charge on any atom is -0.484 e. The number of hydrogen-bond acceptors (Lipinski definition) is 7. The summed E-state index contributed by atoms with van der Waals surface area (Å²) in [5, 5.41) is 21.9. The Morgan fingerprint density at radius 2 is 1.39 bits per heavy atom. The summed E-state index contributed by atoms with van der Waals surface area (Å²) in [4.78, 5) is 0. The standard InChI is InChI=1S/C38H40ClF3O7/c1-26-34(46-21-28-9-5-3-6-10-28)35(47-22-29-11-7-4-8-12-29)38(45-2,49-36(26,23-43)24-44)31-15-18-33(39)30(20-31)19-27-13-16-32(17-14-27)48-25-37(40,41)42/h3-18,20,26,34-35,43-44H,19,21-25H2,1-2H3/t26-,34-,35+,38-/m0/s1. The second kappa shape index (κ2) is 16.0. The zero-order valence-electron chi connectivity index (χ0n) is 27.2.